The Morgan fingerprint density at radius 2 is 2.06 bits per heavy atom. The average molecular weight is 241 g/mol. The predicted octanol–water partition coefficient (Wildman–Crippen LogP) is 2.24. The first-order valence-electron chi connectivity index (χ1n) is 6.40. The maximum Gasteiger partial charge on any atom is 0.0419 e. The van der Waals surface area contributed by atoms with E-state index in [1.54, 1.807) is 0 Å². The maximum atomic E-state index is 4.39. The van der Waals surface area contributed by atoms with E-state index in [0.29, 0.717) is 6.04 Å². The van der Waals surface area contributed by atoms with Crippen molar-refractivity contribution in [3.8, 4) is 0 Å². The number of likely N-dealkylation sites (N-methyl/N-ethyl adjacent to an activating group) is 1. The third-order valence-corrected chi connectivity index (χ3v) is 2.88. The van der Waals surface area contributed by atoms with Crippen LogP contribution in [0.2, 0.25) is 0 Å². The van der Waals surface area contributed by atoms with Gasteiger partial charge in [-0.05, 0) is 36.7 Å². The van der Waals surface area contributed by atoms with Crippen molar-refractivity contribution in [1.29, 1.82) is 0 Å². The molecule has 3 heteroatoms. The largest absolute Gasteiger partial charge is 0.314 e. The van der Waals surface area contributed by atoms with Crippen LogP contribution >= 0.6 is 0 Å². The summed E-state index contributed by atoms with van der Waals surface area (Å²) in [6.45, 7) is 3.10. The summed E-state index contributed by atoms with van der Waals surface area (Å²) in [4.78, 5) is 8.55. The molecule has 0 radical (unpaired) electrons. The Labute approximate surface area is 108 Å². The van der Waals surface area contributed by atoms with Gasteiger partial charge in [-0.25, -0.2) is 0 Å². The van der Waals surface area contributed by atoms with Crippen molar-refractivity contribution in [2.24, 2.45) is 0 Å². The minimum absolute atomic E-state index is 0.411. The summed E-state index contributed by atoms with van der Waals surface area (Å²) in [7, 11) is 0. The van der Waals surface area contributed by atoms with Crippen LogP contribution in [0.3, 0.4) is 0 Å². The van der Waals surface area contributed by atoms with Gasteiger partial charge in [0.25, 0.3) is 0 Å². The van der Waals surface area contributed by atoms with Crippen LogP contribution in [0.5, 0.6) is 0 Å². The van der Waals surface area contributed by atoms with Gasteiger partial charge in [-0.15, -0.1) is 0 Å². The van der Waals surface area contributed by atoms with Crippen molar-refractivity contribution in [2.45, 2.75) is 25.8 Å². The van der Waals surface area contributed by atoms with E-state index in [4.69, 9.17) is 0 Å². The SMILES string of the molecule is CCNC(Cc1cccnc1)Cc1ccccn1. The minimum Gasteiger partial charge on any atom is -0.314 e. The summed E-state index contributed by atoms with van der Waals surface area (Å²) in [6.07, 6.45) is 7.53. The molecule has 0 aromatic carbocycles. The van der Waals surface area contributed by atoms with E-state index in [1.807, 2.05) is 36.8 Å². The predicted molar refractivity (Wildman–Crippen MR) is 73.3 cm³/mol. The van der Waals surface area contributed by atoms with Gasteiger partial charge in [-0.3, -0.25) is 9.97 Å². The monoisotopic (exact) mass is 241 g/mol. The first-order chi connectivity index (χ1) is 8.88. The molecule has 0 aliphatic carbocycles. The molecule has 0 amide bonds. The fourth-order valence-electron chi connectivity index (χ4n) is 2.08. The molecule has 0 bridgehead atoms. The average Bonchev–Trinajstić information content (AvgIpc) is 2.41. The molecule has 2 rings (SSSR count). The second-order valence-electron chi connectivity index (χ2n) is 4.35. The van der Waals surface area contributed by atoms with E-state index in [1.165, 1.54) is 5.56 Å². The molecular weight excluding hydrogens is 222 g/mol. The Morgan fingerprint density at radius 1 is 1.11 bits per heavy atom. The molecule has 1 unspecified atom stereocenters. The van der Waals surface area contributed by atoms with Gasteiger partial charge in [0, 0.05) is 36.7 Å². The van der Waals surface area contributed by atoms with Crippen LogP contribution in [-0.4, -0.2) is 22.6 Å². The number of rotatable bonds is 6. The number of hydrogen-bond acceptors (Lipinski definition) is 3. The lowest BCUT2D eigenvalue weighted by atomic mass is 10.0. The molecular formula is C15H19N3. The van der Waals surface area contributed by atoms with Gasteiger partial charge in [-0.1, -0.05) is 19.1 Å². The van der Waals surface area contributed by atoms with Gasteiger partial charge >= 0.3 is 0 Å². The first-order valence-corrected chi connectivity index (χ1v) is 6.40. The van der Waals surface area contributed by atoms with E-state index in [2.05, 4.69) is 34.3 Å². The zero-order chi connectivity index (χ0) is 12.6. The smallest absolute Gasteiger partial charge is 0.0419 e. The highest BCUT2D eigenvalue weighted by Gasteiger charge is 2.10. The Bertz CT molecular complexity index is 400. The quantitative estimate of drug-likeness (QED) is 0.843. The van der Waals surface area contributed by atoms with Crippen molar-refractivity contribution in [1.82, 2.24) is 15.3 Å². The Morgan fingerprint density at radius 3 is 2.72 bits per heavy atom. The lowest BCUT2D eigenvalue weighted by molar-refractivity contribution is 0.516. The van der Waals surface area contributed by atoms with Gasteiger partial charge in [0.15, 0.2) is 0 Å². The van der Waals surface area contributed by atoms with Crippen molar-refractivity contribution < 1.29 is 0 Å². The second kappa shape index (κ2) is 6.87. The third-order valence-electron chi connectivity index (χ3n) is 2.88. The van der Waals surface area contributed by atoms with E-state index in [0.717, 1.165) is 25.1 Å². The fourth-order valence-corrected chi connectivity index (χ4v) is 2.08. The lowest BCUT2D eigenvalue weighted by Gasteiger charge is -2.17. The Balaban J connectivity index is 2.00. The number of nitrogens with zero attached hydrogens (tertiary/aromatic N) is 2. The number of aromatic nitrogens is 2. The Hall–Kier alpha value is -1.74. The van der Waals surface area contributed by atoms with Crippen LogP contribution in [0.25, 0.3) is 0 Å². The van der Waals surface area contributed by atoms with Crippen LogP contribution in [0, 0.1) is 0 Å². The second-order valence-corrected chi connectivity index (χ2v) is 4.35. The maximum absolute atomic E-state index is 4.39. The van der Waals surface area contributed by atoms with E-state index >= 15 is 0 Å². The van der Waals surface area contributed by atoms with Crippen molar-refractivity contribution >= 4 is 0 Å². The number of pyridine rings is 2. The molecule has 2 aromatic rings. The number of nitrogens with one attached hydrogen (secondary N) is 1. The summed E-state index contributed by atoms with van der Waals surface area (Å²) in [5.74, 6) is 0. The molecule has 0 saturated heterocycles. The topological polar surface area (TPSA) is 37.8 Å². The van der Waals surface area contributed by atoms with Crippen LogP contribution in [0.15, 0.2) is 48.9 Å². The highest BCUT2D eigenvalue weighted by Crippen LogP contribution is 2.06. The van der Waals surface area contributed by atoms with Gasteiger partial charge < -0.3 is 5.32 Å². The van der Waals surface area contributed by atoms with Crippen LogP contribution in [-0.2, 0) is 12.8 Å². The summed E-state index contributed by atoms with van der Waals surface area (Å²) < 4.78 is 0. The molecule has 0 aliphatic rings. The molecule has 2 heterocycles. The van der Waals surface area contributed by atoms with Crippen LogP contribution in [0.4, 0.5) is 0 Å². The molecule has 0 saturated carbocycles. The zero-order valence-electron chi connectivity index (χ0n) is 10.7. The van der Waals surface area contributed by atoms with E-state index < -0.39 is 0 Å². The van der Waals surface area contributed by atoms with Crippen molar-refractivity contribution in [2.75, 3.05) is 6.54 Å². The van der Waals surface area contributed by atoms with Gasteiger partial charge in [0.2, 0.25) is 0 Å². The molecule has 0 fully saturated rings. The molecule has 0 spiro atoms. The van der Waals surface area contributed by atoms with Crippen LogP contribution < -0.4 is 5.32 Å². The zero-order valence-corrected chi connectivity index (χ0v) is 10.7. The fraction of sp³-hybridized carbons (Fsp3) is 0.333. The van der Waals surface area contributed by atoms with Gasteiger partial charge in [-0.2, -0.15) is 0 Å². The molecule has 0 aliphatic heterocycles. The first kappa shape index (κ1) is 12.7. The van der Waals surface area contributed by atoms with Crippen LogP contribution in [0.1, 0.15) is 18.2 Å². The third kappa shape index (κ3) is 3.93. The molecule has 2 aromatic heterocycles. The summed E-state index contributed by atoms with van der Waals surface area (Å²) in [6, 6.07) is 10.6. The van der Waals surface area contributed by atoms with Crippen molar-refractivity contribution in [3.63, 3.8) is 0 Å². The molecule has 18 heavy (non-hydrogen) atoms. The van der Waals surface area contributed by atoms with E-state index in [-0.39, 0.29) is 0 Å². The lowest BCUT2D eigenvalue weighted by Crippen LogP contribution is -2.33. The van der Waals surface area contributed by atoms with Gasteiger partial charge in [0.1, 0.15) is 0 Å². The summed E-state index contributed by atoms with van der Waals surface area (Å²) in [5, 5.41) is 3.51. The molecule has 1 N–H and O–H groups in total. The molecule has 94 valence electrons. The standard InChI is InChI=1S/C15H19N3/c1-2-17-15(10-13-6-5-8-16-12-13)11-14-7-3-4-9-18-14/h3-9,12,15,17H,2,10-11H2,1H3. The minimum atomic E-state index is 0.411. The normalized spacial score (nSPS) is 12.3. The molecule has 1 atom stereocenters. The van der Waals surface area contributed by atoms with Gasteiger partial charge in [0.05, 0.1) is 0 Å². The number of hydrogen-bond donors (Lipinski definition) is 1. The highest BCUT2D eigenvalue weighted by molar-refractivity contribution is 5.12. The summed E-state index contributed by atoms with van der Waals surface area (Å²) in [5.41, 5.74) is 2.40. The summed E-state index contributed by atoms with van der Waals surface area (Å²) >= 11 is 0. The van der Waals surface area contributed by atoms with E-state index in [9.17, 15) is 0 Å². The van der Waals surface area contributed by atoms with Crippen molar-refractivity contribution in [3.05, 3.63) is 60.2 Å². The highest BCUT2D eigenvalue weighted by atomic mass is 14.9. The molecule has 3 nitrogen and oxygen atoms in total. The Kier molecular flexibility index (Phi) is 4.85.